The molecule has 1 heterocycles. The first kappa shape index (κ1) is 14.1. The van der Waals surface area contributed by atoms with Gasteiger partial charge in [-0.05, 0) is 39.0 Å². The highest BCUT2D eigenvalue weighted by Crippen LogP contribution is 2.31. The number of hydrogen-bond donors (Lipinski definition) is 2. The molecular formula is C15H19N3O2. The number of phenols is 1. The number of nitrogens with zero attached hydrogens (tertiary/aromatic N) is 2. The minimum Gasteiger partial charge on any atom is -0.504 e. The van der Waals surface area contributed by atoms with Crippen molar-refractivity contribution in [3.63, 3.8) is 0 Å². The van der Waals surface area contributed by atoms with Gasteiger partial charge in [-0.15, -0.1) is 0 Å². The number of aryl methyl sites for hydroxylation is 1. The molecule has 106 valence electrons. The lowest BCUT2D eigenvalue weighted by atomic mass is 10.1. The molecule has 2 aromatic rings. The predicted molar refractivity (Wildman–Crippen MR) is 79.3 cm³/mol. The number of anilines is 1. The van der Waals surface area contributed by atoms with Crippen LogP contribution in [-0.2, 0) is 0 Å². The second kappa shape index (κ2) is 5.77. The van der Waals surface area contributed by atoms with Crippen molar-refractivity contribution in [2.45, 2.75) is 20.8 Å². The summed E-state index contributed by atoms with van der Waals surface area (Å²) < 4.78 is 5.04. The summed E-state index contributed by atoms with van der Waals surface area (Å²) in [5.41, 5.74) is 2.71. The van der Waals surface area contributed by atoms with Crippen molar-refractivity contribution in [3.05, 3.63) is 29.5 Å². The molecule has 0 saturated carbocycles. The fourth-order valence-electron chi connectivity index (χ4n) is 1.93. The summed E-state index contributed by atoms with van der Waals surface area (Å²) in [5.74, 6) is 1.92. The molecule has 0 bridgehead atoms. The Morgan fingerprint density at radius 2 is 2.00 bits per heavy atom. The highest BCUT2D eigenvalue weighted by Gasteiger charge is 2.11. The number of hydrogen-bond acceptors (Lipinski definition) is 5. The van der Waals surface area contributed by atoms with Gasteiger partial charge >= 0.3 is 0 Å². The highest BCUT2D eigenvalue weighted by molar-refractivity contribution is 5.63. The SMILES string of the molecule is CCNc1nc(-c2ccc(OC)c(O)c2)nc(C)c1C. The molecule has 0 saturated heterocycles. The number of phenolic OH excluding ortho intramolecular Hbond substituents is 1. The van der Waals surface area contributed by atoms with Gasteiger partial charge in [-0.25, -0.2) is 9.97 Å². The van der Waals surface area contributed by atoms with Crippen LogP contribution in [0, 0.1) is 13.8 Å². The van der Waals surface area contributed by atoms with E-state index in [9.17, 15) is 5.11 Å². The van der Waals surface area contributed by atoms with E-state index in [-0.39, 0.29) is 5.75 Å². The Morgan fingerprint density at radius 1 is 1.25 bits per heavy atom. The van der Waals surface area contributed by atoms with Gasteiger partial charge in [0.15, 0.2) is 17.3 Å². The van der Waals surface area contributed by atoms with Gasteiger partial charge in [0.25, 0.3) is 0 Å². The maximum atomic E-state index is 9.85. The molecule has 1 aromatic carbocycles. The molecule has 0 aliphatic heterocycles. The second-order valence-electron chi connectivity index (χ2n) is 4.52. The molecule has 0 radical (unpaired) electrons. The van der Waals surface area contributed by atoms with Crippen LogP contribution in [0.4, 0.5) is 5.82 Å². The van der Waals surface area contributed by atoms with E-state index in [2.05, 4.69) is 15.3 Å². The van der Waals surface area contributed by atoms with Gasteiger partial charge in [-0.3, -0.25) is 0 Å². The summed E-state index contributed by atoms with van der Waals surface area (Å²) in [6, 6.07) is 5.15. The number of ether oxygens (including phenoxy) is 1. The first-order valence-corrected chi connectivity index (χ1v) is 6.53. The van der Waals surface area contributed by atoms with E-state index in [0.29, 0.717) is 11.6 Å². The monoisotopic (exact) mass is 273 g/mol. The van der Waals surface area contributed by atoms with Crippen molar-refractivity contribution >= 4 is 5.82 Å². The number of methoxy groups -OCH3 is 1. The van der Waals surface area contributed by atoms with Crippen LogP contribution in [0.25, 0.3) is 11.4 Å². The number of aromatic hydroxyl groups is 1. The Hall–Kier alpha value is -2.30. The predicted octanol–water partition coefficient (Wildman–Crippen LogP) is 2.91. The molecule has 0 spiro atoms. The molecule has 2 N–H and O–H groups in total. The summed E-state index contributed by atoms with van der Waals surface area (Å²) >= 11 is 0. The Balaban J connectivity index is 2.49. The lowest BCUT2D eigenvalue weighted by Gasteiger charge is -2.12. The van der Waals surface area contributed by atoms with E-state index >= 15 is 0 Å². The minimum atomic E-state index is 0.0804. The Kier molecular flexibility index (Phi) is 4.08. The van der Waals surface area contributed by atoms with Gasteiger partial charge in [0.2, 0.25) is 0 Å². The van der Waals surface area contributed by atoms with Gasteiger partial charge in [0.05, 0.1) is 7.11 Å². The summed E-state index contributed by atoms with van der Waals surface area (Å²) in [4.78, 5) is 9.00. The van der Waals surface area contributed by atoms with Crippen molar-refractivity contribution in [2.24, 2.45) is 0 Å². The number of aromatic nitrogens is 2. The van der Waals surface area contributed by atoms with Crippen molar-refractivity contribution < 1.29 is 9.84 Å². The third kappa shape index (κ3) is 2.66. The van der Waals surface area contributed by atoms with Crippen LogP contribution in [0.1, 0.15) is 18.2 Å². The van der Waals surface area contributed by atoms with Gasteiger partial charge in [0, 0.05) is 23.4 Å². The molecule has 0 unspecified atom stereocenters. The van der Waals surface area contributed by atoms with E-state index in [1.165, 1.54) is 7.11 Å². The zero-order valence-electron chi connectivity index (χ0n) is 12.2. The highest BCUT2D eigenvalue weighted by atomic mass is 16.5. The average Bonchev–Trinajstić information content (AvgIpc) is 2.43. The summed E-state index contributed by atoms with van der Waals surface area (Å²) in [7, 11) is 1.52. The van der Waals surface area contributed by atoms with Crippen LogP contribution in [0.3, 0.4) is 0 Å². The molecule has 5 heteroatoms. The Labute approximate surface area is 118 Å². The number of rotatable bonds is 4. The molecule has 0 fully saturated rings. The standard InChI is InChI=1S/C15H19N3O2/c1-5-16-14-9(2)10(3)17-15(18-14)11-6-7-13(20-4)12(19)8-11/h6-8,19H,5H2,1-4H3,(H,16,17,18). The maximum Gasteiger partial charge on any atom is 0.161 e. The van der Waals surface area contributed by atoms with Gasteiger partial charge in [-0.1, -0.05) is 0 Å². The number of benzene rings is 1. The smallest absolute Gasteiger partial charge is 0.161 e. The number of nitrogens with one attached hydrogen (secondary N) is 1. The Morgan fingerprint density at radius 3 is 2.60 bits per heavy atom. The molecular weight excluding hydrogens is 254 g/mol. The quantitative estimate of drug-likeness (QED) is 0.896. The van der Waals surface area contributed by atoms with E-state index in [1.54, 1.807) is 12.1 Å². The minimum absolute atomic E-state index is 0.0804. The lowest BCUT2D eigenvalue weighted by molar-refractivity contribution is 0.373. The van der Waals surface area contributed by atoms with E-state index in [0.717, 1.165) is 29.2 Å². The molecule has 0 amide bonds. The maximum absolute atomic E-state index is 9.85. The third-order valence-electron chi connectivity index (χ3n) is 3.17. The third-order valence-corrected chi connectivity index (χ3v) is 3.17. The van der Waals surface area contributed by atoms with Crippen LogP contribution in [0.2, 0.25) is 0 Å². The van der Waals surface area contributed by atoms with Crippen molar-refractivity contribution in [1.29, 1.82) is 0 Å². The summed E-state index contributed by atoms with van der Waals surface area (Å²) in [6.45, 7) is 6.76. The fourth-order valence-corrected chi connectivity index (χ4v) is 1.93. The zero-order chi connectivity index (χ0) is 14.7. The van der Waals surface area contributed by atoms with E-state index in [4.69, 9.17) is 4.74 Å². The van der Waals surface area contributed by atoms with Crippen LogP contribution in [0.5, 0.6) is 11.5 Å². The fraction of sp³-hybridized carbons (Fsp3) is 0.333. The lowest BCUT2D eigenvalue weighted by Crippen LogP contribution is -2.06. The first-order valence-electron chi connectivity index (χ1n) is 6.53. The van der Waals surface area contributed by atoms with E-state index < -0.39 is 0 Å². The molecule has 2 rings (SSSR count). The molecule has 20 heavy (non-hydrogen) atoms. The van der Waals surface area contributed by atoms with Crippen molar-refractivity contribution in [3.8, 4) is 22.9 Å². The van der Waals surface area contributed by atoms with Crippen LogP contribution >= 0.6 is 0 Å². The van der Waals surface area contributed by atoms with Gasteiger partial charge in [0.1, 0.15) is 5.82 Å². The molecule has 5 nitrogen and oxygen atoms in total. The van der Waals surface area contributed by atoms with Crippen molar-refractivity contribution in [2.75, 3.05) is 19.0 Å². The van der Waals surface area contributed by atoms with Gasteiger partial charge < -0.3 is 15.2 Å². The average molecular weight is 273 g/mol. The van der Waals surface area contributed by atoms with E-state index in [1.807, 2.05) is 26.8 Å². The van der Waals surface area contributed by atoms with Crippen LogP contribution in [-0.4, -0.2) is 28.7 Å². The molecule has 0 atom stereocenters. The topological polar surface area (TPSA) is 67.3 Å². The Bertz CT molecular complexity index is 627. The normalized spacial score (nSPS) is 10.4. The summed E-state index contributed by atoms with van der Waals surface area (Å²) in [6.07, 6.45) is 0. The summed E-state index contributed by atoms with van der Waals surface area (Å²) in [5, 5.41) is 13.1. The molecule has 0 aliphatic carbocycles. The molecule has 1 aromatic heterocycles. The van der Waals surface area contributed by atoms with Gasteiger partial charge in [-0.2, -0.15) is 0 Å². The second-order valence-corrected chi connectivity index (χ2v) is 4.52. The van der Waals surface area contributed by atoms with Crippen LogP contribution in [0.15, 0.2) is 18.2 Å². The largest absolute Gasteiger partial charge is 0.504 e. The van der Waals surface area contributed by atoms with Crippen LogP contribution < -0.4 is 10.1 Å². The molecule has 0 aliphatic rings. The first-order chi connectivity index (χ1) is 9.56. The van der Waals surface area contributed by atoms with Crippen molar-refractivity contribution in [1.82, 2.24) is 9.97 Å². The zero-order valence-corrected chi connectivity index (χ0v) is 12.2.